The molecule has 2 amide bonds. The Morgan fingerprint density at radius 3 is 2.31 bits per heavy atom. The SMILES string of the molecule is Cc1cc(Cl)ccc1N1CCN(C(=O)NCCc2ccc(Cl)cc2)CC1. The minimum Gasteiger partial charge on any atom is -0.368 e. The Morgan fingerprint density at radius 1 is 1.00 bits per heavy atom. The Kier molecular flexibility index (Phi) is 6.28. The van der Waals surface area contributed by atoms with E-state index in [-0.39, 0.29) is 6.03 Å². The quantitative estimate of drug-likeness (QED) is 0.839. The van der Waals surface area contributed by atoms with Crippen LogP contribution in [0.25, 0.3) is 0 Å². The summed E-state index contributed by atoms with van der Waals surface area (Å²) in [6, 6.07) is 13.7. The van der Waals surface area contributed by atoms with E-state index in [2.05, 4.69) is 23.2 Å². The van der Waals surface area contributed by atoms with Crippen LogP contribution in [-0.4, -0.2) is 43.7 Å². The molecule has 1 heterocycles. The van der Waals surface area contributed by atoms with Gasteiger partial charge in [0.05, 0.1) is 0 Å². The third-order valence-electron chi connectivity index (χ3n) is 4.67. The van der Waals surface area contributed by atoms with E-state index in [0.29, 0.717) is 6.54 Å². The molecule has 1 saturated heterocycles. The van der Waals surface area contributed by atoms with Crippen molar-refractivity contribution in [1.29, 1.82) is 0 Å². The molecule has 1 aliphatic heterocycles. The molecule has 0 bridgehead atoms. The molecule has 1 aliphatic rings. The Hall–Kier alpha value is -1.91. The molecule has 2 aromatic carbocycles. The fourth-order valence-electron chi connectivity index (χ4n) is 3.20. The molecule has 6 heteroatoms. The lowest BCUT2D eigenvalue weighted by molar-refractivity contribution is 0.194. The fraction of sp³-hybridized carbons (Fsp3) is 0.350. The number of urea groups is 1. The number of hydrogen-bond acceptors (Lipinski definition) is 2. The Labute approximate surface area is 164 Å². The van der Waals surface area contributed by atoms with Crippen LogP contribution in [0.5, 0.6) is 0 Å². The van der Waals surface area contributed by atoms with Gasteiger partial charge in [0.1, 0.15) is 0 Å². The Bertz CT molecular complexity index is 756. The highest BCUT2D eigenvalue weighted by Crippen LogP contribution is 2.24. The monoisotopic (exact) mass is 391 g/mol. The van der Waals surface area contributed by atoms with E-state index >= 15 is 0 Å². The number of carbonyl (C=O) groups is 1. The van der Waals surface area contributed by atoms with Gasteiger partial charge in [0.2, 0.25) is 0 Å². The molecule has 0 atom stereocenters. The third kappa shape index (κ3) is 4.83. The highest BCUT2D eigenvalue weighted by molar-refractivity contribution is 6.30. The zero-order valence-corrected chi connectivity index (χ0v) is 16.4. The van der Waals surface area contributed by atoms with Crippen LogP contribution in [0.2, 0.25) is 10.0 Å². The number of benzene rings is 2. The maximum Gasteiger partial charge on any atom is 0.317 e. The van der Waals surface area contributed by atoms with Crippen molar-refractivity contribution in [3.05, 3.63) is 63.6 Å². The highest BCUT2D eigenvalue weighted by Gasteiger charge is 2.21. The number of piperazine rings is 1. The van der Waals surface area contributed by atoms with Crippen LogP contribution in [0, 0.1) is 6.92 Å². The van der Waals surface area contributed by atoms with Crippen LogP contribution in [0.15, 0.2) is 42.5 Å². The normalized spacial score (nSPS) is 14.4. The molecular formula is C20H23Cl2N3O. The van der Waals surface area contributed by atoms with Gasteiger partial charge in [-0.05, 0) is 54.8 Å². The van der Waals surface area contributed by atoms with Gasteiger partial charge in [-0.1, -0.05) is 35.3 Å². The van der Waals surface area contributed by atoms with Crippen molar-refractivity contribution in [3.63, 3.8) is 0 Å². The molecule has 26 heavy (non-hydrogen) atoms. The van der Waals surface area contributed by atoms with Crippen molar-refractivity contribution < 1.29 is 4.79 Å². The van der Waals surface area contributed by atoms with Crippen LogP contribution >= 0.6 is 23.2 Å². The molecule has 1 N–H and O–H groups in total. The minimum absolute atomic E-state index is 0.00596. The summed E-state index contributed by atoms with van der Waals surface area (Å²) in [7, 11) is 0. The van der Waals surface area contributed by atoms with Gasteiger partial charge in [0.25, 0.3) is 0 Å². The van der Waals surface area contributed by atoms with Crippen molar-refractivity contribution in [2.45, 2.75) is 13.3 Å². The standard InChI is InChI=1S/C20H23Cl2N3O/c1-15-14-18(22)6-7-19(15)24-10-12-25(13-11-24)20(26)23-9-8-16-2-4-17(21)5-3-16/h2-7,14H,8-13H2,1H3,(H,23,26). The third-order valence-corrected chi connectivity index (χ3v) is 5.16. The molecular weight excluding hydrogens is 369 g/mol. The smallest absolute Gasteiger partial charge is 0.317 e. The average molecular weight is 392 g/mol. The summed E-state index contributed by atoms with van der Waals surface area (Å²) in [6.07, 6.45) is 0.798. The molecule has 0 unspecified atom stereocenters. The highest BCUT2D eigenvalue weighted by atomic mass is 35.5. The number of nitrogens with zero attached hydrogens (tertiary/aromatic N) is 2. The van der Waals surface area contributed by atoms with E-state index in [9.17, 15) is 4.79 Å². The first kappa shape index (κ1) is 18.9. The van der Waals surface area contributed by atoms with Gasteiger partial charge in [-0.2, -0.15) is 0 Å². The minimum atomic E-state index is 0.00596. The second-order valence-electron chi connectivity index (χ2n) is 6.51. The number of halogens is 2. The lowest BCUT2D eigenvalue weighted by Crippen LogP contribution is -2.52. The summed E-state index contributed by atoms with van der Waals surface area (Å²) < 4.78 is 0. The van der Waals surface area contributed by atoms with Gasteiger partial charge in [-0.25, -0.2) is 4.79 Å². The van der Waals surface area contributed by atoms with Crippen molar-refractivity contribution in [2.75, 3.05) is 37.6 Å². The first-order chi connectivity index (χ1) is 12.5. The summed E-state index contributed by atoms with van der Waals surface area (Å²) >= 11 is 11.9. The second kappa shape index (κ2) is 8.65. The molecule has 0 spiro atoms. The van der Waals surface area contributed by atoms with Crippen LogP contribution in [0.4, 0.5) is 10.5 Å². The van der Waals surface area contributed by atoms with E-state index in [0.717, 1.165) is 48.2 Å². The lowest BCUT2D eigenvalue weighted by atomic mass is 10.1. The van der Waals surface area contributed by atoms with Crippen LogP contribution in [0.3, 0.4) is 0 Å². The largest absolute Gasteiger partial charge is 0.368 e. The van der Waals surface area contributed by atoms with Gasteiger partial charge in [-0.3, -0.25) is 0 Å². The first-order valence-corrected chi connectivity index (χ1v) is 9.57. The van der Waals surface area contributed by atoms with Crippen LogP contribution in [0.1, 0.15) is 11.1 Å². The second-order valence-corrected chi connectivity index (χ2v) is 7.39. The predicted molar refractivity (Wildman–Crippen MR) is 109 cm³/mol. The van der Waals surface area contributed by atoms with E-state index < -0.39 is 0 Å². The molecule has 0 radical (unpaired) electrons. The number of anilines is 1. The number of rotatable bonds is 4. The topological polar surface area (TPSA) is 35.6 Å². The summed E-state index contributed by atoms with van der Waals surface area (Å²) in [5, 5.41) is 4.49. The molecule has 0 aromatic heterocycles. The average Bonchev–Trinajstić information content (AvgIpc) is 2.63. The Balaban J connectivity index is 1.45. The lowest BCUT2D eigenvalue weighted by Gasteiger charge is -2.36. The number of hydrogen-bond donors (Lipinski definition) is 1. The van der Waals surface area contributed by atoms with Crippen LogP contribution < -0.4 is 10.2 Å². The van der Waals surface area contributed by atoms with Crippen molar-refractivity contribution in [1.82, 2.24) is 10.2 Å². The summed E-state index contributed by atoms with van der Waals surface area (Å²) in [5.41, 5.74) is 3.52. The number of amides is 2. The molecule has 3 rings (SSSR count). The van der Waals surface area contributed by atoms with Crippen molar-refractivity contribution in [3.8, 4) is 0 Å². The zero-order chi connectivity index (χ0) is 18.5. The van der Waals surface area contributed by atoms with Crippen molar-refractivity contribution in [2.24, 2.45) is 0 Å². The summed E-state index contributed by atoms with van der Waals surface area (Å²) in [4.78, 5) is 16.5. The number of aryl methyl sites for hydroxylation is 1. The molecule has 0 aliphatic carbocycles. The Morgan fingerprint density at radius 2 is 1.65 bits per heavy atom. The van der Waals surface area contributed by atoms with E-state index in [1.165, 1.54) is 11.3 Å². The summed E-state index contributed by atoms with van der Waals surface area (Å²) in [6.45, 7) is 5.78. The van der Waals surface area contributed by atoms with E-state index in [4.69, 9.17) is 23.2 Å². The van der Waals surface area contributed by atoms with Crippen LogP contribution in [-0.2, 0) is 6.42 Å². The van der Waals surface area contributed by atoms with Gasteiger partial charge in [0, 0.05) is 48.5 Å². The molecule has 138 valence electrons. The van der Waals surface area contributed by atoms with Gasteiger partial charge in [-0.15, -0.1) is 0 Å². The van der Waals surface area contributed by atoms with E-state index in [1.807, 2.05) is 41.3 Å². The molecule has 2 aromatic rings. The molecule has 0 saturated carbocycles. The maximum absolute atomic E-state index is 12.4. The predicted octanol–water partition coefficient (Wildman–Crippen LogP) is 4.38. The van der Waals surface area contributed by atoms with Gasteiger partial charge >= 0.3 is 6.03 Å². The van der Waals surface area contributed by atoms with Crippen molar-refractivity contribution >= 4 is 34.9 Å². The van der Waals surface area contributed by atoms with Gasteiger partial charge in [0.15, 0.2) is 0 Å². The fourth-order valence-corrected chi connectivity index (χ4v) is 3.55. The van der Waals surface area contributed by atoms with E-state index in [1.54, 1.807) is 0 Å². The first-order valence-electron chi connectivity index (χ1n) is 8.81. The van der Waals surface area contributed by atoms with Gasteiger partial charge < -0.3 is 15.1 Å². The molecule has 4 nitrogen and oxygen atoms in total. The summed E-state index contributed by atoms with van der Waals surface area (Å²) in [5.74, 6) is 0. The number of nitrogens with one attached hydrogen (secondary N) is 1. The number of carbonyl (C=O) groups excluding carboxylic acids is 1. The maximum atomic E-state index is 12.4. The molecule has 1 fully saturated rings. The zero-order valence-electron chi connectivity index (χ0n) is 14.8.